The summed E-state index contributed by atoms with van der Waals surface area (Å²) in [5, 5.41) is 0. The standard InChI is InChI=1S/C18H19NO3/c20-18(19-13-5-2-6-14-19)22-17-11-9-16(10-12-17)21-15-7-3-1-4-8-15/h1,3-4,7-12H,2,5-6,13-14H2. The van der Waals surface area contributed by atoms with Crippen LogP contribution in [0.15, 0.2) is 54.6 Å². The molecule has 22 heavy (non-hydrogen) atoms. The second-order valence-corrected chi connectivity index (χ2v) is 5.30. The fourth-order valence-corrected chi connectivity index (χ4v) is 2.44. The maximum Gasteiger partial charge on any atom is 0.415 e. The highest BCUT2D eigenvalue weighted by Gasteiger charge is 2.18. The molecule has 0 atom stereocenters. The third kappa shape index (κ3) is 3.79. The van der Waals surface area contributed by atoms with Crippen LogP contribution in [0.4, 0.5) is 4.79 Å². The molecule has 0 saturated carbocycles. The Hall–Kier alpha value is -2.49. The molecule has 1 aliphatic rings. The quantitative estimate of drug-likeness (QED) is 0.839. The second kappa shape index (κ2) is 6.98. The summed E-state index contributed by atoms with van der Waals surface area (Å²) in [7, 11) is 0. The topological polar surface area (TPSA) is 38.8 Å². The molecule has 114 valence electrons. The van der Waals surface area contributed by atoms with Crippen molar-refractivity contribution in [3.05, 3.63) is 54.6 Å². The van der Waals surface area contributed by atoms with E-state index in [-0.39, 0.29) is 6.09 Å². The summed E-state index contributed by atoms with van der Waals surface area (Å²) in [6.07, 6.45) is 3.03. The minimum absolute atomic E-state index is 0.267. The highest BCUT2D eigenvalue weighted by molar-refractivity contribution is 5.70. The number of nitrogens with zero attached hydrogens (tertiary/aromatic N) is 1. The molecule has 0 bridgehead atoms. The molecule has 4 heteroatoms. The van der Waals surface area contributed by atoms with E-state index in [2.05, 4.69) is 0 Å². The van der Waals surface area contributed by atoms with Crippen molar-refractivity contribution < 1.29 is 14.3 Å². The van der Waals surface area contributed by atoms with Gasteiger partial charge in [0.2, 0.25) is 0 Å². The zero-order valence-corrected chi connectivity index (χ0v) is 12.4. The van der Waals surface area contributed by atoms with Crippen molar-refractivity contribution in [1.29, 1.82) is 0 Å². The average molecular weight is 297 g/mol. The number of hydrogen-bond donors (Lipinski definition) is 0. The molecule has 1 amide bonds. The van der Waals surface area contributed by atoms with Crippen molar-refractivity contribution in [3.63, 3.8) is 0 Å². The average Bonchev–Trinajstić information content (AvgIpc) is 2.58. The predicted molar refractivity (Wildman–Crippen MR) is 84.4 cm³/mol. The number of piperidine rings is 1. The first kappa shape index (κ1) is 14.4. The first-order chi connectivity index (χ1) is 10.8. The maximum absolute atomic E-state index is 12.0. The van der Waals surface area contributed by atoms with Crippen molar-refractivity contribution >= 4 is 6.09 Å². The lowest BCUT2D eigenvalue weighted by Crippen LogP contribution is -2.37. The molecule has 0 unspecified atom stereocenters. The molecule has 1 saturated heterocycles. The van der Waals surface area contributed by atoms with Gasteiger partial charge in [0.1, 0.15) is 17.2 Å². The summed E-state index contributed by atoms with van der Waals surface area (Å²) in [4.78, 5) is 13.8. The zero-order valence-electron chi connectivity index (χ0n) is 12.4. The Morgan fingerprint density at radius 2 is 1.36 bits per heavy atom. The maximum atomic E-state index is 12.0. The minimum Gasteiger partial charge on any atom is -0.457 e. The second-order valence-electron chi connectivity index (χ2n) is 5.30. The van der Waals surface area contributed by atoms with Gasteiger partial charge in [0.05, 0.1) is 0 Å². The van der Waals surface area contributed by atoms with Gasteiger partial charge in [-0.1, -0.05) is 18.2 Å². The molecule has 0 spiro atoms. The van der Waals surface area contributed by atoms with Crippen molar-refractivity contribution in [3.8, 4) is 17.2 Å². The van der Waals surface area contributed by atoms with Gasteiger partial charge in [-0.3, -0.25) is 0 Å². The smallest absolute Gasteiger partial charge is 0.415 e. The van der Waals surface area contributed by atoms with Gasteiger partial charge in [-0.25, -0.2) is 4.79 Å². The number of ether oxygens (including phenoxy) is 2. The van der Waals surface area contributed by atoms with Crippen molar-refractivity contribution in [2.24, 2.45) is 0 Å². The Bertz CT molecular complexity index is 604. The van der Waals surface area contributed by atoms with Crippen molar-refractivity contribution in [2.75, 3.05) is 13.1 Å². The van der Waals surface area contributed by atoms with Gasteiger partial charge >= 0.3 is 6.09 Å². The van der Waals surface area contributed by atoms with Crippen LogP contribution in [0.25, 0.3) is 0 Å². The third-order valence-electron chi connectivity index (χ3n) is 3.62. The number of carbonyl (C=O) groups excluding carboxylic acids is 1. The normalized spacial score (nSPS) is 14.5. The van der Waals surface area contributed by atoms with E-state index in [1.165, 1.54) is 6.42 Å². The van der Waals surface area contributed by atoms with Crippen LogP contribution < -0.4 is 9.47 Å². The lowest BCUT2D eigenvalue weighted by molar-refractivity contribution is 0.142. The van der Waals surface area contributed by atoms with Crippen LogP contribution >= 0.6 is 0 Å². The molecule has 0 aromatic heterocycles. The Kier molecular flexibility index (Phi) is 4.59. The number of likely N-dealkylation sites (tertiary alicyclic amines) is 1. The number of benzene rings is 2. The van der Waals surface area contributed by atoms with Crippen LogP contribution in [0.2, 0.25) is 0 Å². The fraction of sp³-hybridized carbons (Fsp3) is 0.278. The van der Waals surface area contributed by atoms with E-state index in [0.717, 1.165) is 31.7 Å². The van der Waals surface area contributed by atoms with Gasteiger partial charge in [0.25, 0.3) is 0 Å². The zero-order chi connectivity index (χ0) is 15.2. The molecule has 1 heterocycles. The van der Waals surface area contributed by atoms with Crippen LogP contribution in [0.3, 0.4) is 0 Å². The van der Waals surface area contributed by atoms with Gasteiger partial charge in [-0.05, 0) is 55.7 Å². The summed E-state index contributed by atoms with van der Waals surface area (Å²) < 4.78 is 11.1. The number of rotatable bonds is 3. The number of hydrogen-bond acceptors (Lipinski definition) is 3. The number of carbonyl (C=O) groups is 1. The van der Waals surface area contributed by atoms with Gasteiger partial charge in [0, 0.05) is 13.1 Å². The van der Waals surface area contributed by atoms with E-state index in [0.29, 0.717) is 11.5 Å². The number of para-hydroxylation sites is 1. The first-order valence-corrected chi connectivity index (χ1v) is 7.61. The molecule has 2 aromatic rings. The summed E-state index contributed by atoms with van der Waals surface area (Å²) in [6, 6.07) is 16.7. The van der Waals surface area contributed by atoms with Gasteiger partial charge in [-0.15, -0.1) is 0 Å². The van der Waals surface area contributed by atoms with Crippen molar-refractivity contribution in [2.45, 2.75) is 19.3 Å². The monoisotopic (exact) mass is 297 g/mol. The van der Waals surface area contributed by atoms with E-state index in [1.54, 1.807) is 29.2 Å². The van der Waals surface area contributed by atoms with Crippen LogP contribution in [0.1, 0.15) is 19.3 Å². The van der Waals surface area contributed by atoms with Gasteiger partial charge < -0.3 is 14.4 Å². The number of amides is 1. The first-order valence-electron chi connectivity index (χ1n) is 7.61. The van der Waals surface area contributed by atoms with E-state index < -0.39 is 0 Å². The van der Waals surface area contributed by atoms with E-state index in [1.807, 2.05) is 30.3 Å². The molecule has 3 rings (SSSR count). The Balaban J connectivity index is 1.58. The largest absolute Gasteiger partial charge is 0.457 e. The Labute approximate surface area is 130 Å². The SMILES string of the molecule is O=C(Oc1ccc(Oc2ccccc2)cc1)N1CCCCC1. The molecule has 1 aliphatic heterocycles. The molecule has 2 aromatic carbocycles. The summed E-state index contributed by atoms with van der Waals surface area (Å²) in [5.41, 5.74) is 0. The van der Waals surface area contributed by atoms with Gasteiger partial charge in [-0.2, -0.15) is 0 Å². The highest BCUT2D eigenvalue weighted by atomic mass is 16.6. The van der Waals surface area contributed by atoms with E-state index >= 15 is 0 Å². The predicted octanol–water partition coefficient (Wildman–Crippen LogP) is 4.46. The Morgan fingerprint density at radius 1 is 0.773 bits per heavy atom. The van der Waals surface area contributed by atoms with Crippen LogP contribution in [-0.4, -0.2) is 24.1 Å². The molecular weight excluding hydrogens is 278 g/mol. The molecule has 0 N–H and O–H groups in total. The van der Waals surface area contributed by atoms with Crippen LogP contribution in [-0.2, 0) is 0 Å². The van der Waals surface area contributed by atoms with E-state index in [9.17, 15) is 4.79 Å². The third-order valence-corrected chi connectivity index (χ3v) is 3.62. The summed E-state index contributed by atoms with van der Waals surface area (Å²) in [5.74, 6) is 2.03. The van der Waals surface area contributed by atoms with Crippen LogP contribution in [0.5, 0.6) is 17.2 Å². The fourth-order valence-electron chi connectivity index (χ4n) is 2.44. The molecule has 1 fully saturated rings. The highest BCUT2D eigenvalue weighted by Crippen LogP contribution is 2.24. The van der Waals surface area contributed by atoms with Crippen molar-refractivity contribution in [1.82, 2.24) is 4.90 Å². The summed E-state index contributed by atoms with van der Waals surface area (Å²) >= 11 is 0. The van der Waals surface area contributed by atoms with Crippen LogP contribution in [0, 0.1) is 0 Å². The lowest BCUT2D eigenvalue weighted by Gasteiger charge is -2.25. The van der Waals surface area contributed by atoms with Gasteiger partial charge in [0.15, 0.2) is 0 Å². The molecule has 4 nitrogen and oxygen atoms in total. The summed E-state index contributed by atoms with van der Waals surface area (Å²) in [6.45, 7) is 1.57. The molecular formula is C18H19NO3. The minimum atomic E-state index is -0.267. The molecule has 0 radical (unpaired) electrons. The lowest BCUT2D eigenvalue weighted by atomic mass is 10.1. The van der Waals surface area contributed by atoms with E-state index in [4.69, 9.17) is 9.47 Å². The molecule has 0 aliphatic carbocycles. The Morgan fingerprint density at radius 3 is 2.05 bits per heavy atom.